The van der Waals surface area contributed by atoms with E-state index in [9.17, 15) is 12.8 Å². The number of benzene rings is 1. The molecule has 2 aromatic rings. The van der Waals surface area contributed by atoms with Gasteiger partial charge in [-0.15, -0.1) is 0 Å². The number of aromatic nitrogens is 2. The molecule has 2 rings (SSSR count). The average Bonchev–Trinajstić information content (AvgIpc) is 2.77. The van der Waals surface area contributed by atoms with E-state index in [4.69, 9.17) is 0 Å². The number of anilines is 1. The van der Waals surface area contributed by atoms with Crippen LogP contribution in [-0.2, 0) is 16.6 Å². The minimum atomic E-state index is -3.89. The molecule has 0 unspecified atom stereocenters. The molecule has 0 saturated carbocycles. The summed E-state index contributed by atoms with van der Waals surface area (Å²) in [6.45, 7) is 2.09. The van der Waals surface area contributed by atoms with Crippen LogP contribution in [0, 0.1) is 12.7 Å². The average molecular weight is 377 g/mol. The van der Waals surface area contributed by atoms with E-state index in [1.165, 1.54) is 12.1 Å². The fraction of sp³-hybridized carbons (Fsp3) is 0.250. The van der Waals surface area contributed by atoms with Gasteiger partial charge in [-0.1, -0.05) is 0 Å². The summed E-state index contributed by atoms with van der Waals surface area (Å²) in [6.07, 6.45) is 0. The maximum absolute atomic E-state index is 13.4. The summed E-state index contributed by atoms with van der Waals surface area (Å²) in [5.74, 6) is -0.552. The van der Waals surface area contributed by atoms with Crippen molar-refractivity contribution in [1.29, 1.82) is 0 Å². The number of hydrogen-bond acceptors (Lipinski definition) is 4. The van der Waals surface area contributed by atoms with E-state index >= 15 is 0 Å². The molecule has 0 amide bonds. The van der Waals surface area contributed by atoms with Gasteiger partial charge in [0.15, 0.2) is 0 Å². The maximum Gasteiger partial charge on any atom is 0.281 e. The molecule has 1 aromatic heterocycles. The molecule has 9 heteroatoms. The van der Waals surface area contributed by atoms with Crippen molar-refractivity contribution in [1.82, 2.24) is 15.5 Å². The van der Waals surface area contributed by atoms with Gasteiger partial charge in [-0.3, -0.25) is 9.82 Å². The molecule has 0 bridgehead atoms. The largest absolute Gasteiger partial charge is 0.316 e. The highest BCUT2D eigenvalue weighted by Gasteiger charge is 2.23. The standard InChI is InChI=1S/C12H14BrFN4O2S/c1-7-9(6-15-2)12(17-16-7)21(19,20)18-8-3-4-10(13)11(14)5-8/h3-5,15,18H,6H2,1-2H3,(H,16,17). The number of nitrogens with one attached hydrogen (secondary N) is 3. The highest BCUT2D eigenvalue weighted by molar-refractivity contribution is 9.10. The van der Waals surface area contributed by atoms with Crippen molar-refractivity contribution in [3.63, 3.8) is 0 Å². The van der Waals surface area contributed by atoms with Crippen LogP contribution in [0.5, 0.6) is 0 Å². The van der Waals surface area contributed by atoms with Crippen LogP contribution >= 0.6 is 15.9 Å². The van der Waals surface area contributed by atoms with Gasteiger partial charge in [0.2, 0.25) is 5.03 Å². The van der Waals surface area contributed by atoms with Crippen molar-refractivity contribution >= 4 is 31.6 Å². The number of nitrogens with zero attached hydrogens (tertiary/aromatic N) is 1. The van der Waals surface area contributed by atoms with E-state index in [0.29, 0.717) is 17.8 Å². The smallest absolute Gasteiger partial charge is 0.281 e. The van der Waals surface area contributed by atoms with E-state index < -0.39 is 15.8 Å². The zero-order chi connectivity index (χ0) is 15.6. The molecule has 1 aromatic carbocycles. The highest BCUT2D eigenvalue weighted by Crippen LogP contribution is 2.23. The van der Waals surface area contributed by atoms with Crippen LogP contribution in [0.15, 0.2) is 27.7 Å². The SMILES string of the molecule is CNCc1c(S(=O)(=O)Nc2ccc(Br)c(F)c2)n[nH]c1C. The Morgan fingerprint density at radius 1 is 1.43 bits per heavy atom. The molecule has 0 aliphatic rings. The Morgan fingerprint density at radius 2 is 2.14 bits per heavy atom. The minimum absolute atomic E-state index is 0.0994. The lowest BCUT2D eigenvalue weighted by Gasteiger charge is -2.08. The van der Waals surface area contributed by atoms with Gasteiger partial charge >= 0.3 is 0 Å². The van der Waals surface area contributed by atoms with Crippen molar-refractivity contribution in [3.8, 4) is 0 Å². The summed E-state index contributed by atoms with van der Waals surface area (Å²) in [6, 6.07) is 3.98. The van der Waals surface area contributed by atoms with Crippen molar-refractivity contribution in [2.75, 3.05) is 11.8 Å². The van der Waals surface area contributed by atoms with Crippen molar-refractivity contribution in [2.24, 2.45) is 0 Å². The molecule has 0 aliphatic carbocycles. The Hall–Kier alpha value is -1.45. The summed E-state index contributed by atoms with van der Waals surface area (Å²) >= 11 is 3.01. The molecule has 114 valence electrons. The summed E-state index contributed by atoms with van der Waals surface area (Å²) < 4.78 is 40.7. The third kappa shape index (κ3) is 3.42. The molecular weight excluding hydrogens is 363 g/mol. The van der Waals surface area contributed by atoms with Crippen LogP contribution in [0.1, 0.15) is 11.3 Å². The molecule has 21 heavy (non-hydrogen) atoms. The number of H-pyrrole nitrogens is 1. The summed E-state index contributed by atoms with van der Waals surface area (Å²) in [5, 5.41) is 9.25. The summed E-state index contributed by atoms with van der Waals surface area (Å²) in [4.78, 5) is 0. The Balaban J connectivity index is 2.36. The van der Waals surface area contributed by atoms with Gasteiger partial charge in [0.1, 0.15) is 5.82 Å². The van der Waals surface area contributed by atoms with Crippen LogP contribution in [0.4, 0.5) is 10.1 Å². The normalized spacial score (nSPS) is 11.6. The predicted octanol–water partition coefficient (Wildman–Crippen LogP) is 2.14. The van der Waals surface area contributed by atoms with Crippen LogP contribution in [0.25, 0.3) is 0 Å². The minimum Gasteiger partial charge on any atom is -0.316 e. The molecular formula is C12H14BrFN4O2S. The molecule has 0 radical (unpaired) electrons. The predicted molar refractivity (Wildman–Crippen MR) is 81.0 cm³/mol. The number of rotatable bonds is 5. The molecule has 0 saturated heterocycles. The quantitative estimate of drug-likeness (QED) is 0.745. The second-order valence-electron chi connectivity index (χ2n) is 4.40. The third-order valence-corrected chi connectivity index (χ3v) is 4.81. The number of aromatic amines is 1. The lowest BCUT2D eigenvalue weighted by atomic mass is 10.3. The Labute approximate surface area is 130 Å². The second kappa shape index (κ2) is 6.12. The number of aryl methyl sites for hydroxylation is 1. The second-order valence-corrected chi connectivity index (χ2v) is 6.85. The summed E-state index contributed by atoms with van der Waals surface area (Å²) in [5.41, 5.74) is 1.33. The van der Waals surface area contributed by atoms with Gasteiger partial charge in [0, 0.05) is 17.8 Å². The zero-order valence-electron chi connectivity index (χ0n) is 11.4. The molecule has 0 spiro atoms. The van der Waals surface area contributed by atoms with Crippen molar-refractivity contribution < 1.29 is 12.8 Å². The van der Waals surface area contributed by atoms with Gasteiger partial charge in [0.25, 0.3) is 10.0 Å². The number of halogens is 2. The van der Waals surface area contributed by atoms with E-state index in [1.54, 1.807) is 14.0 Å². The molecule has 0 aliphatic heterocycles. The number of sulfonamides is 1. The first-order valence-corrected chi connectivity index (χ1v) is 8.29. The topological polar surface area (TPSA) is 86.9 Å². The lowest BCUT2D eigenvalue weighted by Crippen LogP contribution is -2.17. The maximum atomic E-state index is 13.4. The monoisotopic (exact) mass is 376 g/mol. The fourth-order valence-corrected chi connectivity index (χ4v) is 3.30. The van der Waals surface area contributed by atoms with E-state index in [0.717, 1.165) is 6.07 Å². The van der Waals surface area contributed by atoms with Gasteiger partial charge in [0.05, 0.1) is 10.2 Å². The fourth-order valence-electron chi connectivity index (χ4n) is 1.80. The van der Waals surface area contributed by atoms with Crippen LogP contribution in [0.2, 0.25) is 0 Å². The van der Waals surface area contributed by atoms with E-state index in [2.05, 4.69) is 36.2 Å². The summed E-state index contributed by atoms with van der Waals surface area (Å²) in [7, 11) is -2.18. The Morgan fingerprint density at radius 3 is 2.76 bits per heavy atom. The van der Waals surface area contributed by atoms with Gasteiger partial charge in [-0.25, -0.2) is 4.39 Å². The van der Waals surface area contributed by atoms with Crippen molar-refractivity contribution in [2.45, 2.75) is 18.5 Å². The van der Waals surface area contributed by atoms with Crippen LogP contribution in [0.3, 0.4) is 0 Å². The molecule has 1 heterocycles. The zero-order valence-corrected chi connectivity index (χ0v) is 13.8. The van der Waals surface area contributed by atoms with E-state index in [1.807, 2.05) is 0 Å². The highest BCUT2D eigenvalue weighted by atomic mass is 79.9. The molecule has 6 nitrogen and oxygen atoms in total. The van der Waals surface area contributed by atoms with Gasteiger partial charge < -0.3 is 5.32 Å². The van der Waals surface area contributed by atoms with Gasteiger partial charge in [-0.05, 0) is 48.1 Å². The molecule has 3 N–H and O–H groups in total. The molecule has 0 atom stereocenters. The van der Waals surface area contributed by atoms with Crippen molar-refractivity contribution in [3.05, 3.63) is 39.7 Å². The first kappa shape index (κ1) is 15.9. The lowest BCUT2D eigenvalue weighted by molar-refractivity contribution is 0.594. The van der Waals surface area contributed by atoms with Gasteiger partial charge in [-0.2, -0.15) is 13.5 Å². The van der Waals surface area contributed by atoms with E-state index in [-0.39, 0.29) is 15.2 Å². The van der Waals surface area contributed by atoms with Crippen LogP contribution in [-0.4, -0.2) is 25.7 Å². The first-order chi connectivity index (χ1) is 9.85. The Bertz CT molecular complexity index is 761. The van der Waals surface area contributed by atoms with Crippen LogP contribution < -0.4 is 10.0 Å². The molecule has 0 fully saturated rings. The first-order valence-electron chi connectivity index (χ1n) is 6.01. The third-order valence-electron chi connectivity index (χ3n) is 2.82. The Kier molecular flexibility index (Phi) is 4.64. The number of hydrogen-bond donors (Lipinski definition) is 3.